The second-order valence-electron chi connectivity index (χ2n) is 5.73. The Morgan fingerprint density at radius 2 is 1.85 bits per heavy atom. The molecule has 0 atom stereocenters. The molecule has 0 saturated carbocycles. The van der Waals surface area contributed by atoms with Gasteiger partial charge in [-0.3, -0.25) is 0 Å². The van der Waals surface area contributed by atoms with Crippen LogP contribution in [0.25, 0.3) is 22.1 Å². The molecule has 2 aromatic carbocycles. The number of aromatic hydroxyl groups is 1. The fourth-order valence-corrected chi connectivity index (χ4v) is 2.99. The Bertz CT molecular complexity index is 989. The summed E-state index contributed by atoms with van der Waals surface area (Å²) < 4.78 is 21.4. The molecule has 6 nitrogen and oxygen atoms in total. The number of phenols is 1. The van der Waals surface area contributed by atoms with Crippen LogP contribution in [0, 0.1) is 0 Å². The lowest BCUT2D eigenvalue weighted by Gasteiger charge is -2.15. The van der Waals surface area contributed by atoms with Crippen molar-refractivity contribution >= 4 is 11.0 Å². The van der Waals surface area contributed by atoms with Crippen molar-refractivity contribution in [1.29, 1.82) is 0 Å². The smallest absolute Gasteiger partial charge is 0.344 e. The van der Waals surface area contributed by atoms with E-state index in [4.69, 9.17) is 18.6 Å². The van der Waals surface area contributed by atoms with E-state index in [1.165, 1.54) is 13.2 Å². The van der Waals surface area contributed by atoms with Crippen molar-refractivity contribution in [2.24, 2.45) is 0 Å². The highest BCUT2D eigenvalue weighted by Gasteiger charge is 2.20. The van der Waals surface area contributed by atoms with Crippen molar-refractivity contribution in [3.8, 4) is 28.4 Å². The Balaban J connectivity index is 2.33. The van der Waals surface area contributed by atoms with Crippen molar-refractivity contribution in [2.75, 3.05) is 27.9 Å². The molecular weight excluding hydrogens is 336 g/mol. The van der Waals surface area contributed by atoms with Crippen LogP contribution < -0.4 is 15.1 Å². The van der Waals surface area contributed by atoms with E-state index in [1.54, 1.807) is 44.6 Å². The molecule has 3 aromatic rings. The second kappa shape index (κ2) is 7.49. The molecule has 0 amide bonds. The van der Waals surface area contributed by atoms with Gasteiger partial charge in [-0.05, 0) is 36.2 Å². The lowest BCUT2D eigenvalue weighted by atomic mass is 9.95. The number of fused-ring (bicyclic) bond motifs is 1. The Kier molecular flexibility index (Phi) is 5.14. The fourth-order valence-electron chi connectivity index (χ4n) is 2.99. The lowest BCUT2D eigenvalue weighted by Crippen LogP contribution is -2.10. The number of hydrogen-bond donors (Lipinski definition) is 1. The van der Waals surface area contributed by atoms with E-state index in [0.717, 1.165) is 10.9 Å². The summed E-state index contributed by atoms with van der Waals surface area (Å²) in [6, 6.07) is 9.98. The molecule has 136 valence electrons. The highest BCUT2D eigenvalue weighted by molar-refractivity contribution is 5.89. The summed E-state index contributed by atoms with van der Waals surface area (Å²) in [6.07, 6.45) is 0.508. The second-order valence-corrected chi connectivity index (χ2v) is 5.73. The first-order chi connectivity index (χ1) is 12.6. The van der Waals surface area contributed by atoms with E-state index in [2.05, 4.69) is 0 Å². The van der Waals surface area contributed by atoms with Gasteiger partial charge in [-0.25, -0.2) is 4.79 Å². The zero-order valence-electron chi connectivity index (χ0n) is 14.9. The molecule has 0 radical (unpaired) electrons. The minimum Gasteiger partial charge on any atom is -0.508 e. The van der Waals surface area contributed by atoms with Crippen LogP contribution in [0.15, 0.2) is 45.6 Å². The molecule has 0 aliphatic rings. The third-order valence-electron chi connectivity index (χ3n) is 4.23. The average molecular weight is 356 g/mol. The lowest BCUT2D eigenvalue weighted by molar-refractivity contribution is 0.202. The molecule has 0 saturated heterocycles. The highest BCUT2D eigenvalue weighted by atomic mass is 16.5. The van der Waals surface area contributed by atoms with Gasteiger partial charge in [0.25, 0.3) is 0 Å². The van der Waals surface area contributed by atoms with Gasteiger partial charge >= 0.3 is 5.63 Å². The van der Waals surface area contributed by atoms with Gasteiger partial charge in [0.05, 0.1) is 26.4 Å². The van der Waals surface area contributed by atoms with E-state index >= 15 is 0 Å². The van der Waals surface area contributed by atoms with Gasteiger partial charge in [-0.1, -0.05) is 0 Å². The molecule has 26 heavy (non-hydrogen) atoms. The first kappa shape index (κ1) is 17.8. The molecule has 0 bridgehead atoms. The number of methoxy groups -OCH3 is 3. The molecule has 0 spiro atoms. The third-order valence-corrected chi connectivity index (χ3v) is 4.23. The van der Waals surface area contributed by atoms with Crippen LogP contribution >= 0.6 is 0 Å². The molecule has 0 aliphatic heterocycles. The summed E-state index contributed by atoms with van der Waals surface area (Å²) in [5.74, 6) is 1.17. The molecule has 3 rings (SSSR count). The number of rotatable bonds is 6. The SMILES string of the molecule is COCCc1c(-c2ccc(OC)cc2OC)c(=O)oc2cc(O)ccc12. The first-order valence-corrected chi connectivity index (χ1v) is 8.09. The van der Waals surface area contributed by atoms with Crippen LogP contribution in [-0.4, -0.2) is 33.0 Å². The minimum absolute atomic E-state index is 0.0353. The van der Waals surface area contributed by atoms with Crippen molar-refractivity contribution in [1.82, 2.24) is 0 Å². The molecule has 1 N–H and O–H groups in total. The van der Waals surface area contributed by atoms with E-state index in [-0.39, 0.29) is 5.75 Å². The van der Waals surface area contributed by atoms with Gasteiger partial charge in [-0.15, -0.1) is 0 Å². The van der Waals surface area contributed by atoms with Gasteiger partial charge in [0, 0.05) is 30.2 Å². The van der Waals surface area contributed by atoms with Gasteiger partial charge in [0.1, 0.15) is 22.8 Å². The fraction of sp³-hybridized carbons (Fsp3) is 0.250. The summed E-state index contributed by atoms with van der Waals surface area (Å²) in [5, 5.41) is 10.4. The van der Waals surface area contributed by atoms with Crippen LogP contribution in [0.5, 0.6) is 17.2 Å². The average Bonchev–Trinajstić information content (AvgIpc) is 2.65. The molecule has 6 heteroatoms. The Morgan fingerprint density at radius 1 is 1.04 bits per heavy atom. The van der Waals surface area contributed by atoms with Crippen LogP contribution in [0.4, 0.5) is 0 Å². The van der Waals surface area contributed by atoms with Crippen molar-refractivity contribution < 1.29 is 23.7 Å². The first-order valence-electron chi connectivity index (χ1n) is 8.09. The maximum atomic E-state index is 12.8. The van der Waals surface area contributed by atoms with Crippen LogP contribution in [0.3, 0.4) is 0 Å². The van der Waals surface area contributed by atoms with Crippen LogP contribution in [0.2, 0.25) is 0 Å². The summed E-state index contributed by atoms with van der Waals surface area (Å²) >= 11 is 0. The van der Waals surface area contributed by atoms with Gasteiger partial charge in [0.2, 0.25) is 0 Å². The minimum atomic E-state index is -0.502. The number of ether oxygens (including phenoxy) is 3. The topological polar surface area (TPSA) is 78.1 Å². The van der Waals surface area contributed by atoms with Crippen LogP contribution in [-0.2, 0) is 11.2 Å². The van der Waals surface area contributed by atoms with Gasteiger partial charge in [0.15, 0.2) is 0 Å². The summed E-state index contributed by atoms with van der Waals surface area (Å²) in [5.41, 5.74) is 1.64. The zero-order chi connectivity index (χ0) is 18.7. The zero-order valence-corrected chi connectivity index (χ0v) is 14.9. The van der Waals surface area contributed by atoms with Gasteiger partial charge in [-0.2, -0.15) is 0 Å². The Hall–Kier alpha value is -2.99. The monoisotopic (exact) mass is 356 g/mol. The predicted molar refractivity (Wildman–Crippen MR) is 98.3 cm³/mol. The summed E-state index contributed by atoms with van der Waals surface area (Å²) in [6.45, 7) is 0.435. The van der Waals surface area contributed by atoms with Crippen LogP contribution in [0.1, 0.15) is 5.56 Å². The molecule has 0 fully saturated rings. The Labute approximate surface area is 150 Å². The normalized spacial score (nSPS) is 10.9. The molecule has 0 aliphatic carbocycles. The van der Waals surface area contributed by atoms with E-state index in [1.807, 2.05) is 0 Å². The van der Waals surface area contributed by atoms with E-state index in [9.17, 15) is 9.90 Å². The predicted octanol–water partition coefficient (Wildman–Crippen LogP) is 3.37. The quantitative estimate of drug-likeness (QED) is 0.682. The molecule has 1 heterocycles. The standard InChI is InChI=1S/C20H20O6/c1-23-9-8-15-14-6-4-12(21)10-18(14)26-20(22)19(15)16-7-5-13(24-2)11-17(16)25-3/h4-7,10-11,21H,8-9H2,1-3H3. The number of phenolic OH excluding ortho intramolecular Hbond substituents is 1. The number of benzene rings is 2. The highest BCUT2D eigenvalue weighted by Crippen LogP contribution is 2.36. The largest absolute Gasteiger partial charge is 0.508 e. The summed E-state index contributed by atoms with van der Waals surface area (Å²) in [4.78, 5) is 12.8. The molecule has 1 aromatic heterocycles. The van der Waals surface area contributed by atoms with Crippen molar-refractivity contribution in [2.45, 2.75) is 6.42 Å². The Morgan fingerprint density at radius 3 is 2.54 bits per heavy atom. The maximum absolute atomic E-state index is 12.8. The van der Waals surface area contributed by atoms with Gasteiger partial charge < -0.3 is 23.7 Å². The third kappa shape index (κ3) is 3.23. The van der Waals surface area contributed by atoms with Crippen molar-refractivity contribution in [3.05, 3.63) is 52.4 Å². The van der Waals surface area contributed by atoms with E-state index < -0.39 is 5.63 Å². The molecule has 0 unspecified atom stereocenters. The number of hydrogen-bond acceptors (Lipinski definition) is 6. The molecular formula is C20H20O6. The summed E-state index contributed by atoms with van der Waals surface area (Å²) in [7, 11) is 4.70. The maximum Gasteiger partial charge on any atom is 0.344 e. The van der Waals surface area contributed by atoms with Crippen molar-refractivity contribution in [3.63, 3.8) is 0 Å². The van der Waals surface area contributed by atoms with E-state index in [0.29, 0.717) is 41.2 Å².